The smallest absolute Gasteiger partial charge is 0.246 e. The molecule has 0 bridgehead atoms. The highest BCUT2D eigenvalue weighted by molar-refractivity contribution is 6.31. The van der Waals surface area contributed by atoms with Gasteiger partial charge in [-0.05, 0) is 48.9 Å². The Balaban J connectivity index is 1.39. The molecule has 0 unspecified atom stereocenters. The van der Waals surface area contributed by atoms with E-state index in [1.807, 2.05) is 25.1 Å². The van der Waals surface area contributed by atoms with Gasteiger partial charge in [0.15, 0.2) is 17.3 Å². The molecule has 0 aromatic heterocycles. The van der Waals surface area contributed by atoms with Gasteiger partial charge in [-0.1, -0.05) is 17.7 Å². The van der Waals surface area contributed by atoms with Gasteiger partial charge in [0, 0.05) is 37.0 Å². The van der Waals surface area contributed by atoms with Gasteiger partial charge in [0.25, 0.3) is 0 Å². The van der Waals surface area contributed by atoms with Crippen LogP contribution in [-0.2, 0) is 4.79 Å². The summed E-state index contributed by atoms with van der Waals surface area (Å²) in [4.78, 5) is 27.2. The molecule has 0 radical (unpaired) electrons. The van der Waals surface area contributed by atoms with Crippen LogP contribution in [0.5, 0.6) is 17.2 Å². The van der Waals surface area contributed by atoms with Gasteiger partial charge in [0.2, 0.25) is 5.91 Å². The highest BCUT2D eigenvalue weighted by Crippen LogP contribution is 2.40. The number of ether oxygens (including phenoxy) is 3. The first-order valence-electron chi connectivity index (χ1n) is 10.7. The van der Waals surface area contributed by atoms with Crippen molar-refractivity contribution in [1.29, 1.82) is 0 Å². The quantitative estimate of drug-likeness (QED) is 0.606. The Hall–Kier alpha value is -2.99. The topological polar surface area (TPSA) is 65.1 Å². The lowest BCUT2D eigenvalue weighted by Gasteiger charge is -2.43. The van der Waals surface area contributed by atoms with Gasteiger partial charge in [-0.25, -0.2) is 0 Å². The molecule has 2 heterocycles. The number of benzene rings is 2. The number of Topliss-reactive ketones (excluding diaryl/α,β-unsaturated/α-hetero) is 1. The summed E-state index contributed by atoms with van der Waals surface area (Å²) in [5, 5.41) is 0.522. The monoisotopic (exact) mass is 455 g/mol. The van der Waals surface area contributed by atoms with Gasteiger partial charge < -0.3 is 19.1 Å². The van der Waals surface area contributed by atoms with Crippen molar-refractivity contribution in [1.82, 2.24) is 4.90 Å². The van der Waals surface area contributed by atoms with Crippen molar-refractivity contribution in [3.05, 3.63) is 58.6 Å². The molecule has 0 saturated carbocycles. The number of amides is 1. The molecule has 2 aromatic carbocycles. The van der Waals surface area contributed by atoms with Crippen LogP contribution >= 0.6 is 11.6 Å². The summed E-state index contributed by atoms with van der Waals surface area (Å²) in [7, 11) is 1.59. The largest absolute Gasteiger partial charge is 0.493 e. The van der Waals surface area contributed by atoms with Crippen LogP contribution in [0.25, 0.3) is 6.08 Å². The van der Waals surface area contributed by atoms with Crippen molar-refractivity contribution in [2.24, 2.45) is 0 Å². The van der Waals surface area contributed by atoms with Gasteiger partial charge in [0.05, 0.1) is 25.7 Å². The number of likely N-dealkylation sites (tertiary alicyclic amines) is 1. The van der Waals surface area contributed by atoms with Crippen LogP contribution in [-0.4, -0.2) is 49.0 Å². The average molecular weight is 456 g/mol. The molecule has 1 amide bonds. The maximum absolute atomic E-state index is 12.7. The number of hydrogen-bond acceptors (Lipinski definition) is 5. The van der Waals surface area contributed by atoms with E-state index in [-0.39, 0.29) is 11.7 Å². The van der Waals surface area contributed by atoms with E-state index in [1.54, 1.807) is 42.4 Å². The van der Waals surface area contributed by atoms with Gasteiger partial charge in [0.1, 0.15) is 11.4 Å². The number of fused-ring (bicyclic) bond motifs is 1. The van der Waals surface area contributed by atoms with E-state index in [0.717, 1.165) is 5.56 Å². The van der Waals surface area contributed by atoms with Crippen molar-refractivity contribution in [2.45, 2.75) is 31.8 Å². The molecule has 7 heteroatoms. The number of nitrogens with zero attached hydrogens (tertiary/aromatic N) is 1. The van der Waals surface area contributed by atoms with E-state index < -0.39 is 5.60 Å². The predicted molar refractivity (Wildman–Crippen MR) is 123 cm³/mol. The zero-order chi connectivity index (χ0) is 22.7. The molecule has 0 aliphatic carbocycles. The summed E-state index contributed by atoms with van der Waals surface area (Å²) in [6.45, 7) is 3.53. The summed E-state index contributed by atoms with van der Waals surface area (Å²) in [6, 6.07) is 10.7. The van der Waals surface area contributed by atoms with Crippen molar-refractivity contribution in [3.63, 3.8) is 0 Å². The summed E-state index contributed by atoms with van der Waals surface area (Å²) in [6.07, 6.45) is 4.86. The third kappa shape index (κ3) is 4.60. The molecule has 0 N–H and O–H groups in total. The van der Waals surface area contributed by atoms with Crippen LogP contribution in [0.3, 0.4) is 0 Å². The Kier molecular flexibility index (Phi) is 6.42. The van der Waals surface area contributed by atoms with Crippen LogP contribution < -0.4 is 14.2 Å². The minimum atomic E-state index is -0.555. The third-order valence-corrected chi connectivity index (χ3v) is 6.18. The molecule has 1 spiro atoms. The first-order chi connectivity index (χ1) is 15.4. The van der Waals surface area contributed by atoms with Gasteiger partial charge >= 0.3 is 0 Å². The second-order valence-corrected chi connectivity index (χ2v) is 8.46. The number of rotatable bonds is 5. The number of carbonyl (C=O) groups is 2. The normalized spacial score (nSPS) is 17.2. The maximum atomic E-state index is 12.7. The summed E-state index contributed by atoms with van der Waals surface area (Å²) in [5.41, 5.74) is 0.833. The van der Waals surface area contributed by atoms with E-state index in [0.29, 0.717) is 66.8 Å². The van der Waals surface area contributed by atoms with Crippen LogP contribution in [0.4, 0.5) is 0 Å². The van der Waals surface area contributed by atoms with Gasteiger partial charge in [-0.15, -0.1) is 0 Å². The lowest BCUT2D eigenvalue weighted by molar-refractivity contribution is -0.129. The predicted octanol–water partition coefficient (Wildman–Crippen LogP) is 4.79. The van der Waals surface area contributed by atoms with E-state index in [2.05, 4.69) is 0 Å². The fourth-order valence-corrected chi connectivity index (χ4v) is 4.39. The van der Waals surface area contributed by atoms with E-state index in [1.165, 1.54) is 0 Å². The zero-order valence-electron chi connectivity index (χ0n) is 18.2. The fraction of sp³-hybridized carbons (Fsp3) is 0.360. The number of piperidine rings is 1. The standard InChI is InChI=1S/C25H26ClNO5/c1-3-31-22-7-4-17(14-23(22)30-2)5-9-24(29)27-12-10-25(11-13-27)16-20(28)19-15-18(26)6-8-21(19)32-25/h4-9,14-15H,3,10-13,16H2,1-2H3/b9-5+. The molecular formula is C25H26ClNO5. The van der Waals surface area contributed by atoms with Crippen LogP contribution in [0, 0.1) is 0 Å². The molecule has 32 heavy (non-hydrogen) atoms. The van der Waals surface area contributed by atoms with E-state index >= 15 is 0 Å². The lowest BCUT2D eigenvalue weighted by Crippen LogP contribution is -2.52. The molecule has 2 aliphatic rings. The van der Waals surface area contributed by atoms with Gasteiger partial charge in [-0.3, -0.25) is 9.59 Å². The third-order valence-electron chi connectivity index (χ3n) is 5.94. The highest BCUT2D eigenvalue weighted by atomic mass is 35.5. The Bertz CT molecular complexity index is 1060. The second-order valence-electron chi connectivity index (χ2n) is 8.03. The van der Waals surface area contributed by atoms with Crippen molar-refractivity contribution in [2.75, 3.05) is 26.8 Å². The summed E-state index contributed by atoms with van der Waals surface area (Å²) >= 11 is 6.01. The van der Waals surface area contributed by atoms with Crippen molar-refractivity contribution >= 4 is 29.4 Å². The van der Waals surface area contributed by atoms with Crippen LogP contribution in [0.2, 0.25) is 5.02 Å². The van der Waals surface area contributed by atoms with Crippen LogP contribution in [0.1, 0.15) is 42.1 Å². The molecule has 1 saturated heterocycles. The SMILES string of the molecule is CCOc1ccc(/C=C/C(=O)N2CCC3(CC2)CC(=O)c2cc(Cl)ccc2O3)cc1OC. The highest BCUT2D eigenvalue weighted by Gasteiger charge is 2.43. The minimum absolute atomic E-state index is 0.0397. The average Bonchev–Trinajstić information content (AvgIpc) is 2.79. The summed E-state index contributed by atoms with van der Waals surface area (Å²) in [5.74, 6) is 1.85. The van der Waals surface area contributed by atoms with E-state index in [9.17, 15) is 9.59 Å². The molecule has 168 valence electrons. The Morgan fingerprint density at radius 3 is 2.69 bits per heavy atom. The molecule has 2 aliphatic heterocycles. The molecular weight excluding hydrogens is 430 g/mol. The maximum Gasteiger partial charge on any atom is 0.246 e. The van der Waals surface area contributed by atoms with Crippen LogP contribution in [0.15, 0.2) is 42.5 Å². The fourth-order valence-electron chi connectivity index (χ4n) is 4.22. The number of halogens is 1. The van der Waals surface area contributed by atoms with Crippen molar-refractivity contribution < 1.29 is 23.8 Å². The Morgan fingerprint density at radius 1 is 1.19 bits per heavy atom. The van der Waals surface area contributed by atoms with E-state index in [4.69, 9.17) is 25.8 Å². The summed E-state index contributed by atoms with van der Waals surface area (Å²) < 4.78 is 17.1. The van der Waals surface area contributed by atoms with Gasteiger partial charge in [-0.2, -0.15) is 0 Å². The molecule has 4 rings (SSSR count). The molecule has 0 atom stereocenters. The Labute approximate surface area is 192 Å². The molecule has 1 fully saturated rings. The Morgan fingerprint density at radius 2 is 1.97 bits per heavy atom. The molecule has 2 aromatic rings. The first-order valence-corrected chi connectivity index (χ1v) is 11.1. The van der Waals surface area contributed by atoms with Crippen molar-refractivity contribution in [3.8, 4) is 17.2 Å². The number of methoxy groups -OCH3 is 1. The lowest BCUT2D eigenvalue weighted by atomic mass is 9.82. The zero-order valence-corrected chi connectivity index (χ0v) is 19.0. The second kappa shape index (κ2) is 9.25. The number of carbonyl (C=O) groups excluding carboxylic acids is 2. The first kappa shape index (κ1) is 22.2. The molecule has 6 nitrogen and oxygen atoms in total. The number of hydrogen-bond donors (Lipinski definition) is 0. The minimum Gasteiger partial charge on any atom is -0.493 e. The number of ketones is 1.